The van der Waals surface area contributed by atoms with Crippen LogP contribution in [0.5, 0.6) is 11.5 Å². The summed E-state index contributed by atoms with van der Waals surface area (Å²) in [5.41, 5.74) is 4.17. The molecule has 0 radical (unpaired) electrons. The van der Waals surface area contributed by atoms with Gasteiger partial charge in [-0.2, -0.15) is 16.9 Å². The SMILES string of the molecule is COc1ccccc1OCC(=O)Nc1c2c(nn1-c1cccc(C)c1)CSC2. The van der Waals surface area contributed by atoms with Crippen LogP contribution in [0.3, 0.4) is 0 Å². The van der Waals surface area contributed by atoms with Crippen molar-refractivity contribution < 1.29 is 14.3 Å². The van der Waals surface area contributed by atoms with Crippen LogP contribution < -0.4 is 14.8 Å². The van der Waals surface area contributed by atoms with Crippen LogP contribution in [-0.2, 0) is 16.3 Å². The third-order valence-electron chi connectivity index (χ3n) is 4.48. The molecule has 2 heterocycles. The van der Waals surface area contributed by atoms with Crippen molar-refractivity contribution in [2.45, 2.75) is 18.4 Å². The molecule has 0 unspecified atom stereocenters. The molecular formula is C21H21N3O3S. The molecule has 0 spiro atoms. The number of fused-ring (bicyclic) bond motifs is 1. The predicted octanol–water partition coefficient (Wildman–Crippen LogP) is 3.95. The number of thioether (sulfide) groups is 1. The lowest BCUT2D eigenvalue weighted by Crippen LogP contribution is -2.22. The second-order valence-electron chi connectivity index (χ2n) is 6.51. The number of ether oxygens (including phenoxy) is 2. The highest BCUT2D eigenvalue weighted by atomic mass is 32.2. The molecule has 1 aliphatic heterocycles. The summed E-state index contributed by atoms with van der Waals surface area (Å²) in [6.07, 6.45) is 0. The summed E-state index contributed by atoms with van der Waals surface area (Å²) in [6, 6.07) is 15.3. The van der Waals surface area contributed by atoms with E-state index < -0.39 is 0 Å². The number of nitrogens with zero attached hydrogens (tertiary/aromatic N) is 2. The third kappa shape index (κ3) is 3.71. The highest BCUT2D eigenvalue weighted by Crippen LogP contribution is 2.36. The molecule has 0 atom stereocenters. The molecule has 144 valence electrons. The molecular weight excluding hydrogens is 374 g/mol. The minimum absolute atomic E-state index is 0.110. The fourth-order valence-corrected chi connectivity index (χ4v) is 4.17. The standard InChI is InChI=1S/C21H21N3O3S/c1-14-6-5-7-15(10-14)24-21(16-12-28-13-17(16)23-24)22-20(25)11-27-19-9-4-3-8-18(19)26-2/h3-10H,11-13H2,1-2H3,(H,22,25). The normalized spacial score (nSPS) is 12.5. The molecule has 0 aliphatic carbocycles. The first-order valence-corrected chi connectivity index (χ1v) is 10.1. The smallest absolute Gasteiger partial charge is 0.263 e. The van der Waals surface area contributed by atoms with E-state index in [0.29, 0.717) is 11.5 Å². The summed E-state index contributed by atoms with van der Waals surface area (Å²) in [5, 5.41) is 7.72. The number of rotatable bonds is 6. The number of amides is 1. The molecule has 1 aromatic heterocycles. The van der Waals surface area contributed by atoms with Gasteiger partial charge in [-0.15, -0.1) is 0 Å². The van der Waals surface area contributed by atoms with E-state index in [0.717, 1.165) is 39.8 Å². The number of hydrogen-bond donors (Lipinski definition) is 1. The number of aromatic nitrogens is 2. The van der Waals surface area contributed by atoms with Crippen molar-refractivity contribution in [2.75, 3.05) is 19.0 Å². The van der Waals surface area contributed by atoms with E-state index in [-0.39, 0.29) is 12.5 Å². The van der Waals surface area contributed by atoms with Crippen LogP contribution in [0.25, 0.3) is 5.69 Å². The van der Waals surface area contributed by atoms with Gasteiger partial charge in [-0.3, -0.25) is 4.79 Å². The van der Waals surface area contributed by atoms with Crippen molar-refractivity contribution in [3.05, 3.63) is 65.4 Å². The van der Waals surface area contributed by atoms with Gasteiger partial charge in [0, 0.05) is 17.1 Å². The first kappa shape index (κ1) is 18.4. The molecule has 1 aliphatic rings. The van der Waals surface area contributed by atoms with E-state index in [9.17, 15) is 4.79 Å². The highest BCUT2D eigenvalue weighted by molar-refractivity contribution is 7.98. The van der Waals surface area contributed by atoms with Crippen LogP contribution in [0.4, 0.5) is 5.82 Å². The largest absolute Gasteiger partial charge is 0.493 e. The van der Waals surface area contributed by atoms with Crippen molar-refractivity contribution in [1.29, 1.82) is 0 Å². The van der Waals surface area contributed by atoms with E-state index >= 15 is 0 Å². The molecule has 28 heavy (non-hydrogen) atoms. The number of benzene rings is 2. The van der Waals surface area contributed by atoms with Crippen molar-refractivity contribution in [1.82, 2.24) is 9.78 Å². The molecule has 0 saturated carbocycles. The van der Waals surface area contributed by atoms with Gasteiger partial charge in [0.1, 0.15) is 5.82 Å². The molecule has 0 saturated heterocycles. The molecule has 3 aromatic rings. The molecule has 4 rings (SSSR count). The van der Waals surface area contributed by atoms with E-state index in [1.54, 1.807) is 31.0 Å². The summed E-state index contributed by atoms with van der Waals surface area (Å²) < 4.78 is 12.7. The van der Waals surface area contributed by atoms with Crippen molar-refractivity contribution >= 4 is 23.5 Å². The average Bonchev–Trinajstić information content (AvgIpc) is 3.29. The number of carbonyl (C=O) groups is 1. The van der Waals surface area contributed by atoms with Crippen LogP contribution in [-0.4, -0.2) is 29.4 Å². The van der Waals surface area contributed by atoms with Crippen molar-refractivity contribution in [2.24, 2.45) is 0 Å². The quantitative estimate of drug-likeness (QED) is 0.685. The first-order valence-electron chi connectivity index (χ1n) is 8.97. The molecule has 1 N–H and O–H groups in total. The van der Waals surface area contributed by atoms with Crippen molar-refractivity contribution in [3.63, 3.8) is 0 Å². The molecule has 6 nitrogen and oxygen atoms in total. The van der Waals surface area contributed by atoms with Gasteiger partial charge in [-0.05, 0) is 36.8 Å². The Morgan fingerprint density at radius 3 is 2.79 bits per heavy atom. The summed E-state index contributed by atoms with van der Waals surface area (Å²) in [6.45, 7) is 1.93. The topological polar surface area (TPSA) is 65.4 Å². The van der Waals surface area contributed by atoms with Crippen LogP contribution in [0, 0.1) is 6.92 Å². The van der Waals surface area contributed by atoms with Gasteiger partial charge in [-0.1, -0.05) is 24.3 Å². The molecule has 0 bridgehead atoms. The van der Waals surface area contributed by atoms with E-state index in [4.69, 9.17) is 14.6 Å². The lowest BCUT2D eigenvalue weighted by atomic mass is 10.2. The fourth-order valence-electron chi connectivity index (χ4n) is 3.14. The first-order chi connectivity index (χ1) is 13.7. The predicted molar refractivity (Wildman–Crippen MR) is 110 cm³/mol. The molecule has 7 heteroatoms. The fraction of sp³-hybridized carbons (Fsp3) is 0.238. The van der Waals surface area contributed by atoms with E-state index in [1.807, 2.05) is 41.9 Å². The van der Waals surface area contributed by atoms with Gasteiger partial charge in [0.15, 0.2) is 18.1 Å². The summed E-state index contributed by atoms with van der Waals surface area (Å²) in [7, 11) is 1.57. The average molecular weight is 395 g/mol. The highest BCUT2D eigenvalue weighted by Gasteiger charge is 2.25. The van der Waals surface area contributed by atoms with Gasteiger partial charge in [-0.25, -0.2) is 4.68 Å². The Morgan fingerprint density at radius 2 is 2.00 bits per heavy atom. The van der Waals surface area contributed by atoms with E-state index in [2.05, 4.69) is 11.4 Å². The number of hydrogen-bond acceptors (Lipinski definition) is 5. The second-order valence-corrected chi connectivity index (χ2v) is 7.49. The Hall–Kier alpha value is -2.93. The summed E-state index contributed by atoms with van der Waals surface area (Å²) >= 11 is 1.80. The summed E-state index contributed by atoms with van der Waals surface area (Å²) in [4.78, 5) is 12.6. The lowest BCUT2D eigenvalue weighted by molar-refractivity contribution is -0.118. The number of methoxy groups -OCH3 is 1. The maximum absolute atomic E-state index is 12.6. The number of nitrogens with one attached hydrogen (secondary N) is 1. The summed E-state index contributed by atoms with van der Waals surface area (Å²) in [5.74, 6) is 3.31. The van der Waals surface area contributed by atoms with Crippen LogP contribution in [0.1, 0.15) is 16.8 Å². The molecule has 2 aromatic carbocycles. The van der Waals surface area contributed by atoms with Gasteiger partial charge in [0.05, 0.1) is 18.5 Å². The zero-order chi connectivity index (χ0) is 19.5. The minimum atomic E-state index is -0.237. The van der Waals surface area contributed by atoms with Crippen molar-refractivity contribution in [3.8, 4) is 17.2 Å². The number of para-hydroxylation sites is 2. The maximum Gasteiger partial charge on any atom is 0.263 e. The Morgan fingerprint density at radius 1 is 1.18 bits per heavy atom. The van der Waals surface area contributed by atoms with Gasteiger partial charge >= 0.3 is 0 Å². The maximum atomic E-state index is 12.6. The Kier molecular flexibility index (Phi) is 5.25. The molecule has 1 amide bonds. The Balaban J connectivity index is 1.55. The second kappa shape index (κ2) is 7.98. The number of aryl methyl sites for hydroxylation is 1. The zero-order valence-corrected chi connectivity index (χ0v) is 16.6. The monoisotopic (exact) mass is 395 g/mol. The number of carbonyl (C=O) groups excluding carboxylic acids is 1. The minimum Gasteiger partial charge on any atom is -0.493 e. The molecule has 0 fully saturated rings. The zero-order valence-electron chi connectivity index (χ0n) is 15.8. The van der Waals surface area contributed by atoms with Gasteiger partial charge in [0.2, 0.25) is 0 Å². The van der Waals surface area contributed by atoms with Crippen LogP contribution in [0.15, 0.2) is 48.5 Å². The number of anilines is 1. The van der Waals surface area contributed by atoms with E-state index in [1.165, 1.54) is 0 Å². The van der Waals surface area contributed by atoms with Crippen LogP contribution in [0.2, 0.25) is 0 Å². The third-order valence-corrected chi connectivity index (χ3v) is 5.45. The Bertz CT molecular complexity index is 1020. The van der Waals surface area contributed by atoms with Gasteiger partial charge in [0.25, 0.3) is 5.91 Å². The van der Waals surface area contributed by atoms with Gasteiger partial charge < -0.3 is 14.8 Å². The lowest BCUT2D eigenvalue weighted by Gasteiger charge is -2.13. The Labute approximate surface area is 167 Å². The van der Waals surface area contributed by atoms with Crippen LogP contribution >= 0.6 is 11.8 Å².